The maximum atomic E-state index is 11.9. The van der Waals surface area contributed by atoms with Crippen molar-refractivity contribution in [1.82, 2.24) is 5.32 Å². The standard InChI is InChI=1S/C17H29N3O2/c1-16(2,3)19-12-11-18-13-9-7-8-10-14(13)20-15(21)22-17(4,5)6/h7-10,18-19H,11-12H2,1-6H3,(H,20,21). The molecule has 0 unspecified atom stereocenters. The van der Waals surface area contributed by atoms with E-state index >= 15 is 0 Å². The quantitative estimate of drug-likeness (QED) is 0.723. The molecule has 1 rings (SSSR count). The van der Waals surface area contributed by atoms with Gasteiger partial charge in [-0.2, -0.15) is 0 Å². The van der Waals surface area contributed by atoms with Gasteiger partial charge in [-0.3, -0.25) is 5.32 Å². The highest BCUT2D eigenvalue weighted by atomic mass is 16.6. The molecule has 1 amide bonds. The first-order chi connectivity index (χ1) is 10.1. The molecule has 124 valence electrons. The Labute approximate surface area is 133 Å². The lowest BCUT2D eigenvalue weighted by Gasteiger charge is -2.22. The molecule has 1 aromatic carbocycles. The summed E-state index contributed by atoms with van der Waals surface area (Å²) < 4.78 is 5.28. The SMILES string of the molecule is CC(C)(C)NCCNc1ccccc1NC(=O)OC(C)(C)C. The van der Waals surface area contributed by atoms with Crippen LogP contribution in [-0.2, 0) is 4.74 Å². The summed E-state index contributed by atoms with van der Waals surface area (Å²) in [4.78, 5) is 11.9. The Morgan fingerprint density at radius 1 is 1.00 bits per heavy atom. The molecule has 0 heterocycles. The molecule has 0 spiro atoms. The van der Waals surface area contributed by atoms with E-state index in [1.807, 2.05) is 45.0 Å². The van der Waals surface area contributed by atoms with Crippen LogP contribution in [0.2, 0.25) is 0 Å². The number of amides is 1. The number of ether oxygens (including phenoxy) is 1. The van der Waals surface area contributed by atoms with Crippen molar-refractivity contribution in [3.63, 3.8) is 0 Å². The second kappa shape index (κ2) is 7.49. The number of para-hydroxylation sites is 2. The van der Waals surface area contributed by atoms with Gasteiger partial charge in [-0.15, -0.1) is 0 Å². The molecule has 0 bridgehead atoms. The minimum absolute atomic E-state index is 0.0932. The number of nitrogens with one attached hydrogen (secondary N) is 3. The third-order valence-electron chi connectivity index (χ3n) is 2.66. The summed E-state index contributed by atoms with van der Waals surface area (Å²) in [6.45, 7) is 13.5. The van der Waals surface area contributed by atoms with E-state index in [1.54, 1.807) is 0 Å². The van der Waals surface area contributed by atoms with E-state index in [1.165, 1.54) is 0 Å². The number of rotatable bonds is 5. The number of carbonyl (C=O) groups excluding carboxylic acids is 1. The Hall–Kier alpha value is -1.75. The van der Waals surface area contributed by atoms with Crippen molar-refractivity contribution < 1.29 is 9.53 Å². The van der Waals surface area contributed by atoms with E-state index in [2.05, 4.69) is 36.7 Å². The summed E-state index contributed by atoms with van der Waals surface area (Å²) >= 11 is 0. The zero-order valence-electron chi connectivity index (χ0n) is 14.5. The zero-order chi connectivity index (χ0) is 16.8. The first kappa shape index (κ1) is 18.3. The van der Waals surface area contributed by atoms with E-state index in [0.717, 1.165) is 18.8 Å². The molecule has 0 aliphatic rings. The molecule has 0 fully saturated rings. The van der Waals surface area contributed by atoms with Crippen LogP contribution in [0.15, 0.2) is 24.3 Å². The van der Waals surface area contributed by atoms with Crippen LogP contribution in [-0.4, -0.2) is 30.3 Å². The van der Waals surface area contributed by atoms with Gasteiger partial charge in [-0.1, -0.05) is 12.1 Å². The monoisotopic (exact) mass is 307 g/mol. The lowest BCUT2D eigenvalue weighted by molar-refractivity contribution is 0.0636. The van der Waals surface area contributed by atoms with Gasteiger partial charge >= 0.3 is 6.09 Å². The lowest BCUT2D eigenvalue weighted by atomic mass is 10.1. The molecular formula is C17H29N3O2. The summed E-state index contributed by atoms with van der Waals surface area (Å²) in [7, 11) is 0. The third kappa shape index (κ3) is 7.88. The molecule has 0 radical (unpaired) electrons. The Balaban J connectivity index is 2.57. The van der Waals surface area contributed by atoms with Gasteiger partial charge in [0.15, 0.2) is 0 Å². The average Bonchev–Trinajstić information content (AvgIpc) is 2.33. The van der Waals surface area contributed by atoms with E-state index in [0.29, 0.717) is 5.69 Å². The maximum Gasteiger partial charge on any atom is 0.412 e. The number of anilines is 2. The van der Waals surface area contributed by atoms with E-state index in [-0.39, 0.29) is 5.54 Å². The highest BCUT2D eigenvalue weighted by Gasteiger charge is 2.17. The van der Waals surface area contributed by atoms with Gasteiger partial charge in [0.05, 0.1) is 11.4 Å². The fourth-order valence-corrected chi connectivity index (χ4v) is 1.79. The maximum absolute atomic E-state index is 11.9. The Kier molecular flexibility index (Phi) is 6.23. The first-order valence-electron chi connectivity index (χ1n) is 7.65. The predicted molar refractivity (Wildman–Crippen MR) is 92.5 cm³/mol. The summed E-state index contributed by atoms with van der Waals surface area (Å²) in [5.41, 5.74) is 1.18. The minimum Gasteiger partial charge on any atom is -0.444 e. The van der Waals surface area contributed by atoms with Crippen molar-refractivity contribution >= 4 is 17.5 Å². The van der Waals surface area contributed by atoms with E-state index < -0.39 is 11.7 Å². The lowest BCUT2D eigenvalue weighted by Crippen LogP contribution is -2.38. The highest BCUT2D eigenvalue weighted by molar-refractivity contribution is 5.89. The van der Waals surface area contributed by atoms with E-state index in [9.17, 15) is 4.79 Å². The van der Waals surface area contributed by atoms with Gasteiger partial charge in [0, 0.05) is 18.6 Å². The second-order valence-electron chi connectivity index (χ2n) is 7.28. The Morgan fingerprint density at radius 2 is 1.59 bits per heavy atom. The van der Waals surface area contributed by atoms with Crippen LogP contribution in [0.25, 0.3) is 0 Å². The zero-order valence-corrected chi connectivity index (χ0v) is 14.5. The largest absolute Gasteiger partial charge is 0.444 e. The fraction of sp³-hybridized carbons (Fsp3) is 0.588. The molecule has 0 saturated carbocycles. The predicted octanol–water partition coefficient (Wildman–Crippen LogP) is 3.83. The van der Waals surface area contributed by atoms with Crippen LogP contribution in [0, 0.1) is 0 Å². The molecule has 0 saturated heterocycles. The fourth-order valence-electron chi connectivity index (χ4n) is 1.79. The van der Waals surface area contributed by atoms with Crippen molar-refractivity contribution in [2.24, 2.45) is 0 Å². The van der Waals surface area contributed by atoms with Crippen LogP contribution in [0.5, 0.6) is 0 Å². The third-order valence-corrected chi connectivity index (χ3v) is 2.66. The molecule has 3 N–H and O–H groups in total. The summed E-state index contributed by atoms with van der Waals surface area (Å²) in [6.07, 6.45) is -0.449. The van der Waals surface area contributed by atoms with Crippen molar-refractivity contribution in [1.29, 1.82) is 0 Å². The first-order valence-corrected chi connectivity index (χ1v) is 7.65. The molecule has 5 nitrogen and oxygen atoms in total. The molecule has 5 heteroatoms. The van der Waals surface area contributed by atoms with Crippen molar-refractivity contribution in [3.05, 3.63) is 24.3 Å². The van der Waals surface area contributed by atoms with Crippen LogP contribution in [0.1, 0.15) is 41.5 Å². The topological polar surface area (TPSA) is 62.4 Å². The molecule has 22 heavy (non-hydrogen) atoms. The molecule has 0 aliphatic carbocycles. The van der Waals surface area contributed by atoms with Gasteiger partial charge in [0.1, 0.15) is 5.60 Å². The average molecular weight is 307 g/mol. The van der Waals surface area contributed by atoms with Gasteiger partial charge in [-0.25, -0.2) is 4.79 Å². The second-order valence-corrected chi connectivity index (χ2v) is 7.28. The molecule has 0 aromatic heterocycles. The van der Waals surface area contributed by atoms with Gasteiger partial charge in [0.2, 0.25) is 0 Å². The van der Waals surface area contributed by atoms with E-state index in [4.69, 9.17) is 4.74 Å². The molecule has 1 aromatic rings. The van der Waals surface area contributed by atoms with Crippen LogP contribution in [0.4, 0.5) is 16.2 Å². The van der Waals surface area contributed by atoms with Crippen LogP contribution >= 0.6 is 0 Å². The normalized spacial score (nSPS) is 11.9. The number of carbonyl (C=O) groups is 1. The number of benzene rings is 1. The van der Waals surface area contributed by atoms with Crippen molar-refractivity contribution in [2.45, 2.75) is 52.7 Å². The van der Waals surface area contributed by atoms with Gasteiger partial charge < -0.3 is 15.4 Å². The van der Waals surface area contributed by atoms with Crippen LogP contribution in [0.3, 0.4) is 0 Å². The Bertz CT molecular complexity index is 487. The van der Waals surface area contributed by atoms with Crippen LogP contribution < -0.4 is 16.0 Å². The summed E-state index contributed by atoms with van der Waals surface area (Å²) in [5.74, 6) is 0. The highest BCUT2D eigenvalue weighted by Crippen LogP contribution is 2.21. The van der Waals surface area contributed by atoms with Gasteiger partial charge in [-0.05, 0) is 53.7 Å². The minimum atomic E-state index is -0.511. The number of hydrogen-bond donors (Lipinski definition) is 3. The molecule has 0 aliphatic heterocycles. The Morgan fingerprint density at radius 3 is 2.14 bits per heavy atom. The smallest absolute Gasteiger partial charge is 0.412 e. The number of hydrogen-bond acceptors (Lipinski definition) is 4. The molecular weight excluding hydrogens is 278 g/mol. The van der Waals surface area contributed by atoms with Crippen molar-refractivity contribution in [2.75, 3.05) is 23.7 Å². The summed E-state index contributed by atoms with van der Waals surface area (Å²) in [5, 5.41) is 9.51. The van der Waals surface area contributed by atoms with Crippen molar-refractivity contribution in [3.8, 4) is 0 Å². The molecule has 0 atom stereocenters. The summed E-state index contributed by atoms with van der Waals surface area (Å²) in [6, 6.07) is 7.60. The van der Waals surface area contributed by atoms with Gasteiger partial charge in [0.25, 0.3) is 0 Å².